The van der Waals surface area contributed by atoms with Crippen LogP contribution in [0, 0.1) is 5.92 Å². The normalized spacial score (nSPS) is 36.9. The summed E-state index contributed by atoms with van der Waals surface area (Å²) in [5, 5.41) is 9.26. The van der Waals surface area contributed by atoms with Crippen molar-refractivity contribution >= 4 is 9.84 Å². The van der Waals surface area contributed by atoms with Crippen molar-refractivity contribution in [2.45, 2.75) is 12.5 Å². The number of hydrogen-bond donors (Lipinski definition) is 2. The Morgan fingerprint density at radius 1 is 1.55 bits per heavy atom. The first-order chi connectivity index (χ1) is 5.05. The summed E-state index contributed by atoms with van der Waals surface area (Å²) in [5.41, 5.74) is 5.29. The van der Waals surface area contributed by atoms with Crippen molar-refractivity contribution in [3.63, 3.8) is 0 Å². The Morgan fingerprint density at radius 2 is 2.18 bits per heavy atom. The molecule has 0 aromatic heterocycles. The Hall–Kier alpha value is -0.130. The van der Waals surface area contributed by atoms with Crippen molar-refractivity contribution in [2.75, 3.05) is 18.1 Å². The van der Waals surface area contributed by atoms with Gasteiger partial charge in [0.15, 0.2) is 9.84 Å². The van der Waals surface area contributed by atoms with E-state index < -0.39 is 15.9 Å². The van der Waals surface area contributed by atoms with Crippen LogP contribution in [-0.2, 0) is 9.84 Å². The molecule has 0 amide bonds. The fraction of sp³-hybridized carbons (Fsp3) is 1.00. The second-order valence-electron chi connectivity index (χ2n) is 2.97. The summed E-state index contributed by atoms with van der Waals surface area (Å²) in [6.45, 7) is 0.250. The first-order valence-electron chi connectivity index (χ1n) is 3.64. The van der Waals surface area contributed by atoms with Gasteiger partial charge in [-0.05, 0) is 13.0 Å². The van der Waals surface area contributed by atoms with E-state index in [1.54, 1.807) is 0 Å². The third kappa shape index (κ3) is 2.15. The maximum absolute atomic E-state index is 11.0. The van der Waals surface area contributed by atoms with Gasteiger partial charge in [0.2, 0.25) is 0 Å². The smallest absolute Gasteiger partial charge is 0.150 e. The van der Waals surface area contributed by atoms with E-state index in [1.807, 2.05) is 0 Å². The van der Waals surface area contributed by atoms with E-state index in [2.05, 4.69) is 0 Å². The molecule has 11 heavy (non-hydrogen) atoms. The van der Waals surface area contributed by atoms with E-state index in [4.69, 9.17) is 5.73 Å². The molecule has 0 bridgehead atoms. The lowest BCUT2D eigenvalue weighted by Crippen LogP contribution is -2.40. The molecule has 1 aliphatic heterocycles. The molecule has 1 saturated heterocycles. The van der Waals surface area contributed by atoms with Crippen LogP contribution in [0.5, 0.6) is 0 Å². The van der Waals surface area contributed by atoms with Gasteiger partial charge in [-0.3, -0.25) is 0 Å². The molecule has 2 unspecified atom stereocenters. The molecule has 5 heteroatoms. The SMILES string of the molecule is NCC1CS(=O)(=O)CCC1O. The van der Waals surface area contributed by atoms with E-state index in [-0.39, 0.29) is 24.0 Å². The van der Waals surface area contributed by atoms with Gasteiger partial charge in [0.05, 0.1) is 17.6 Å². The van der Waals surface area contributed by atoms with Crippen molar-refractivity contribution in [1.82, 2.24) is 0 Å². The van der Waals surface area contributed by atoms with Gasteiger partial charge >= 0.3 is 0 Å². The average molecular weight is 179 g/mol. The number of hydrogen-bond acceptors (Lipinski definition) is 4. The molecule has 1 aliphatic rings. The molecule has 66 valence electrons. The zero-order valence-electron chi connectivity index (χ0n) is 6.23. The number of aliphatic hydroxyl groups is 1. The fourth-order valence-corrected chi connectivity index (χ4v) is 3.06. The lowest BCUT2D eigenvalue weighted by atomic mass is 10.0. The predicted molar refractivity (Wildman–Crippen MR) is 41.8 cm³/mol. The number of aliphatic hydroxyl groups excluding tert-OH is 1. The molecule has 0 aliphatic carbocycles. The van der Waals surface area contributed by atoms with Crippen LogP contribution in [0.25, 0.3) is 0 Å². The third-order valence-electron chi connectivity index (χ3n) is 2.04. The van der Waals surface area contributed by atoms with Crippen LogP contribution < -0.4 is 5.73 Å². The van der Waals surface area contributed by atoms with Gasteiger partial charge in [-0.25, -0.2) is 8.42 Å². The van der Waals surface area contributed by atoms with Gasteiger partial charge in [0, 0.05) is 5.92 Å². The van der Waals surface area contributed by atoms with Crippen LogP contribution in [0.15, 0.2) is 0 Å². The zero-order chi connectivity index (χ0) is 8.48. The summed E-state index contributed by atoms with van der Waals surface area (Å²) in [6, 6.07) is 0. The molecule has 3 N–H and O–H groups in total. The molecule has 1 heterocycles. The van der Waals surface area contributed by atoms with Crippen molar-refractivity contribution in [3.8, 4) is 0 Å². The second kappa shape index (κ2) is 3.08. The first kappa shape index (κ1) is 8.96. The van der Waals surface area contributed by atoms with Crippen LogP contribution in [0.2, 0.25) is 0 Å². The van der Waals surface area contributed by atoms with Crippen LogP contribution in [0.1, 0.15) is 6.42 Å². The van der Waals surface area contributed by atoms with Gasteiger partial charge < -0.3 is 10.8 Å². The molecule has 0 spiro atoms. The van der Waals surface area contributed by atoms with Crippen molar-refractivity contribution in [3.05, 3.63) is 0 Å². The Bertz CT molecular complexity index is 224. The van der Waals surface area contributed by atoms with E-state index in [1.165, 1.54) is 0 Å². The maximum Gasteiger partial charge on any atom is 0.150 e. The van der Waals surface area contributed by atoms with E-state index in [9.17, 15) is 13.5 Å². The first-order valence-corrected chi connectivity index (χ1v) is 5.46. The maximum atomic E-state index is 11.0. The van der Waals surface area contributed by atoms with Crippen molar-refractivity contribution in [1.29, 1.82) is 0 Å². The Morgan fingerprint density at radius 3 is 2.64 bits per heavy atom. The predicted octanol–water partition coefficient (Wildman–Crippen LogP) is -1.26. The largest absolute Gasteiger partial charge is 0.393 e. The molecule has 4 nitrogen and oxygen atoms in total. The van der Waals surface area contributed by atoms with Crippen LogP contribution in [-0.4, -0.2) is 37.7 Å². The summed E-state index contributed by atoms with van der Waals surface area (Å²) in [5.74, 6) is -0.108. The molecule has 1 fully saturated rings. The number of rotatable bonds is 1. The van der Waals surface area contributed by atoms with Gasteiger partial charge in [-0.15, -0.1) is 0 Å². The molecule has 0 aromatic rings. The quantitative estimate of drug-likeness (QED) is 0.526. The highest BCUT2D eigenvalue weighted by Gasteiger charge is 2.30. The van der Waals surface area contributed by atoms with E-state index in [0.29, 0.717) is 6.42 Å². The molecule has 0 radical (unpaired) electrons. The standard InChI is InChI=1S/C6H13NO3S/c7-3-5-4-11(9,10)2-1-6(5)8/h5-6,8H,1-4,7H2. The monoisotopic (exact) mass is 179 g/mol. The Labute approximate surface area is 66.3 Å². The second-order valence-corrected chi connectivity index (χ2v) is 5.19. The third-order valence-corrected chi connectivity index (χ3v) is 3.83. The van der Waals surface area contributed by atoms with Gasteiger partial charge in [0.25, 0.3) is 0 Å². The highest BCUT2D eigenvalue weighted by atomic mass is 32.2. The molecule has 1 rings (SSSR count). The molecular weight excluding hydrogens is 166 g/mol. The zero-order valence-corrected chi connectivity index (χ0v) is 7.05. The lowest BCUT2D eigenvalue weighted by molar-refractivity contribution is 0.113. The minimum Gasteiger partial charge on any atom is -0.393 e. The highest BCUT2D eigenvalue weighted by Crippen LogP contribution is 2.17. The average Bonchev–Trinajstić information content (AvgIpc) is 1.94. The summed E-state index contributed by atoms with van der Waals surface area (Å²) in [6.07, 6.45) is -0.187. The summed E-state index contributed by atoms with van der Waals surface area (Å²) < 4.78 is 22.0. The van der Waals surface area contributed by atoms with Crippen LogP contribution in [0.4, 0.5) is 0 Å². The Balaban J connectivity index is 2.66. The minimum absolute atomic E-state index is 0.0463. The molecule has 0 aromatic carbocycles. The summed E-state index contributed by atoms with van der Waals surface area (Å²) in [4.78, 5) is 0. The van der Waals surface area contributed by atoms with Gasteiger partial charge in [-0.1, -0.05) is 0 Å². The van der Waals surface area contributed by atoms with Crippen molar-refractivity contribution < 1.29 is 13.5 Å². The van der Waals surface area contributed by atoms with Gasteiger partial charge in [0.1, 0.15) is 0 Å². The lowest BCUT2D eigenvalue weighted by Gasteiger charge is -2.25. The fourth-order valence-electron chi connectivity index (χ4n) is 1.28. The minimum atomic E-state index is -2.92. The van der Waals surface area contributed by atoms with Crippen molar-refractivity contribution in [2.24, 2.45) is 11.7 Å². The number of sulfone groups is 1. The van der Waals surface area contributed by atoms with Crippen LogP contribution in [0.3, 0.4) is 0 Å². The summed E-state index contributed by atoms with van der Waals surface area (Å²) in [7, 11) is -2.92. The Kier molecular flexibility index (Phi) is 2.51. The van der Waals surface area contributed by atoms with Crippen LogP contribution >= 0.6 is 0 Å². The molecule has 2 atom stereocenters. The van der Waals surface area contributed by atoms with E-state index >= 15 is 0 Å². The molecular formula is C6H13NO3S. The number of nitrogens with two attached hydrogens (primary N) is 1. The van der Waals surface area contributed by atoms with Gasteiger partial charge in [-0.2, -0.15) is 0 Å². The molecule has 0 saturated carbocycles. The topological polar surface area (TPSA) is 80.4 Å². The highest BCUT2D eigenvalue weighted by molar-refractivity contribution is 7.91. The summed E-state index contributed by atoms with van der Waals surface area (Å²) >= 11 is 0. The van der Waals surface area contributed by atoms with E-state index in [0.717, 1.165) is 0 Å².